The lowest BCUT2D eigenvalue weighted by atomic mass is 10.1. The van der Waals surface area contributed by atoms with Crippen molar-refractivity contribution in [3.63, 3.8) is 0 Å². The number of methoxy groups -OCH3 is 2. The third kappa shape index (κ3) is 5.92. The molecule has 0 saturated carbocycles. The Morgan fingerprint density at radius 2 is 1.65 bits per heavy atom. The average molecular weight is 564 g/mol. The first kappa shape index (κ1) is 28.2. The van der Waals surface area contributed by atoms with E-state index < -0.39 is 17.8 Å². The number of carbonyl (C=O) groups is 4. The lowest BCUT2D eigenvalue weighted by Crippen LogP contribution is -2.32. The highest BCUT2D eigenvalue weighted by molar-refractivity contribution is 6.53. The van der Waals surface area contributed by atoms with Crippen molar-refractivity contribution in [3.05, 3.63) is 88.6 Å². The summed E-state index contributed by atoms with van der Waals surface area (Å²) in [5, 5.41) is 5.33. The van der Waals surface area contributed by atoms with Gasteiger partial charge in [0.2, 0.25) is 0 Å². The van der Waals surface area contributed by atoms with Crippen molar-refractivity contribution in [2.24, 2.45) is 0 Å². The lowest BCUT2D eigenvalue weighted by molar-refractivity contribution is -0.120. The number of nitrogens with zero attached hydrogens (tertiary/aromatic N) is 1. The van der Waals surface area contributed by atoms with Gasteiger partial charge in [-0.2, -0.15) is 0 Å². The number of anilines is 3. The molecule has 3 aromatic carbocycles. The summed E-state index contributed by atoms with van der Waals surface area (Å²) in [7, 11) is 3.02. The molecular weight excluding hydrogens is 538 g/mol. The largest absolute Gasteiger partial charge is 0.497 e. The number of halogens is 1. The summed E-state index contributed by atoms with van der Waals surface area (Å²) >= 11 is 6.24. The molecule has 1 aliphatic rings. The molecule has 40 heavy (non-hydrogen) atoms. The second-order valence-corrected chi connectivity index (χ2v) is 8.92. The van der Waals surface area contributed by atoms with Gasteiger partial charge >= 0.3 is 5.97 Å². The number of benzene rings is 3. The first-order valence-corrected chi connectivity index (χ1v) is 12.6. The molecule has 0 aromatic heterocycles. The van der Waals surface area contributed by atoms with Crippen molar-refractivity contribution in [2.45, 2.75) is 13.3 Å². The van der Waals surface area contributed by atoms with E-state index in [4.69, 9.17) is 25.8 Å². The predicted molar refractivity (Wildman–Crippen MR) is 150 cm³/mol. The minimum absolute atomic E-state index is 0.134. The fourth-order valence-corrected chi connectivity index (χ4v) is 4.05. The maximum absolute atomic E-state index is 13.2. The predicted octanol–water partition coefficient (Wildman–Crippen LogP) is 4.96. The van der Waals surface area contributed by atoms with Gasteiger partial charge in [-0.25, -0.2) is 9.69 Å². The summed E-state index contributed by atoms with van der Waals surface area (Å²) in [4.78, 5) is 51.9. The van der Waals surface area contributed by atoms with E-state index in [1.165, 1.54) is 32.4 Å². The van der Waals surface area contributed by atoms with Crippen LogP contribution in [0.1, 0.15) is 34.1 Å². The number of imide groups is 1. The zero-order chi connectivity index (χ0) is 28.8. The van der Waals surface area contributed by atoms with Crippen LogP contribution in [0, 0.1) is 0 Å². The molecule has 10 nitrogen and oxygen atoms in total. The monoisotopic (exact) mass is 563 g/mol. The summed E-state index contributed by atoms with van der Waals surface area (Å²) in [5.41, 5.74) is 1.47. The zero-order valence-corrected chi connectivity index (χ0v) is 22.7. The van der Waals surface area contributed by atoms with Crippen molar-refractivity contribution in [1.29, 1.82) is 0 Å². The van der Waals surface area contributed by atoms with Crippen LogP contribution in [-0.4, -0.2) is 44.5 Å². The van der Waals surface area contributed by atoms with Gasteiger partial charge in [-0.3, -0.25) is 14.4 Å². The summed E-state index contributed by atoms with van der Waals surface area (Å²) in [6.45, 7) is 2.12. The van der Waals surface area contributed by atoms with Gasteiger partial charge in [0.25, 0.3) is 17.7 Å². The van der Waals surface area contributed by atoms with Crippen molar-refractivity contribution in [3.8, 4) is 11.5 Å². The van der Waals surface area contributed by atoms with E-state index in [0.29, 0.717) is 34.9 Å². The average Bonchev–Trinajstić information content (AvgIpc) is 3.19. The second-order valence-electron chi connectivity index (χ2n) is 8.54. The Labute approximate surface area is 235 Å². The molecular formula is C29H26ClN3O7. The first-order valence-electron chi connectivity index (χ1n) is 12.2. The number of hydrogen-bond donors (Lipinski definition) is 2. The molecule has 206 valence electrons. The molecule has 0 atom stereocenters. The number of hydrogen-bond acceptors (Lipinski definition) is 8. The van der Waals surface area contributed by atoms with Gasteiger partial charge in [0.1, 0.15) is 22.2 Å². The Kier molecular flexibility index (Phi) is 8.70. The molecule has 0 unspecified atom stereocenters. The molecule has 0 bridgehead atoms. The number of rotatable bonds is 10. The molecule has 1 heterocycles. The topological polar surface area (TPSA) is 123 Å². The molecule has 3 aromatic rings. The molecule has 0 saturated heterocycles. The normalized spacial score (nSPS) is 12.8. The number of esters is 1. The van der Waals surface area contributed by atoms with Gasteiger partial charge in [0, 0.05) is 17.3 Å². The molecule has 4 rings (SSSR count). The molecule has 1 aliphatic heterocycles. The van der Waals surface area contributed by atoms with Crippen molar-refractivity contribution < 1.29 is 33.4 Å². The molecule has 11 heteroatoms. The highest BCUT2D eigenvalue weighted by atomic mass is 35.5. The maximum atomic E-state index is 13.2. The maximum Gasteiger partial charge on any atom is 0.338 e. The van der Waals surface area contributed by atoms with E-state index in [1.807, 2.05) is 6.92 Å². The van der Waals surface area contributed by atoms with Gasteiger partial charge in [-0.05, 0) is 61.0 Å². The van der Waals surface area contributed by atoms with Crippen LogP contribution in [-0.2, 0) is 14.3 Å². The number of nitrogens with one attached hydrogen (secondary N) is 2. The van der Waals surface area contributed by atoms with Crippen LogP contribution in [0.5, 0.6) is 11.5 Å². The zero-order valence-electron chi connectivity index (χ0n) is 21.9. The molecule has 0 spiro atoms. The summed E-state index contributed by atoms with van der Waals surface area (Å²) in [6.07, 6.45) is 0.659. The molecule has 0 radical (unpaired) electrons. The van der Waals surface area contributed by atoms with E-state index in [0.717, 1.165) is 4.90 Å². The van der Waals surface area contributed by atoms with E-state index in [1.54, 1.807) is 48.5 Å². The minimum atomic E-state index is -0.738. The van der Waals surface area contributed by atoms with Crippen molar-refractivity contribution >= 4 is 52.4 Å². The van der Waals surface area contributed by atoms with Crippen LogP contribution in [0.15, 0.2) is 77.5 Å². The Morgan fingerprint density at radius 3 is 2.33 bits per heavy atom. The Bertz CT molecular complexity index is 1500. The Hall–Kier alpha value is -4.83. The van der Waals surface area contributed by atoms with Gasteiger partial charge in [0.05, 0.1) is 37.8 Å². The molecule has 2 N–H and O–H groups in total. The van der Waals surface area contributed by atoms with Crippen molar-refractivity contribution in [1.82, 2.24) is 0 Å². The van der Waals surface area contributed by atoms with Crippen LogP contribution in [0.3, 0.4) is 0 Å². The Morgan fingerprint density at radius 1 is 0.900 bits per heavy atom. The van der Waals surface area contributed by atoms with Crippen LogP contribution >= 0.6 is 11.6 Å². The quantitative estimate of drug-likeness (QED) is 0.262. The van der Waals surface area contributed by atoms with Crippen LogP contribution in [0.25, 0.3) is 0 Å². The van der Waals surface area contributed by atoms with Crippen LogP contribution < -0.4 is 25.0 Å². The SMILES string of the molecule is CCCOC(=O)c1cccc(N2C(=O)C(Cl)=C(Nc3ccc(C(=O)Nc4ccc(OC)cc4OC)cc3)C2=O)c1. The first-order chi connectivity index (χ1) is 19.3. The van der Waals surface area contributed by atoms with E-state index in [9.17, 15) is 19.2 Å². The molecule has 0 fully saturated rings. The van der Waals surface area contributed by atoms with Crippen LogP contribution in [0.2, 0.25) is 0 Å². The number of ether oxygens (including phenoxy) is 3. The van der Waals surface area contributed by atoms with E-state index >= 15 is 0 Å². The van der Waals surface area contributed by atoms with Crippen LogP contribution in [0.4, 0.5) is 17.1 Å². The lowest BCUT2D eigenvalue weighted by Gasteiger charge is -2.16. The van der Waals surface area contributed by atoms with Gasteiger partial charge in [0.15, 0.2) is 0 Å². The summed E-state index contributed by atoms with van der Waals surface area (Å²) < 4.78 is 15.6. The van der Waals surface area contributed by atoms with Gasteiger partial charge in [-0.15, -0.1) is 0 Å². The summed E-state index contributed by atoms with van der Waals surface area (Å²) in [5.74, 6) is -1.36. The Balaban J connectivity index is 1.47. The fourth-order valence-electron chi connectivity index (χ4n) is 3.84. The van der Waals surface area contributed by atoms with E-state index in [-0.39, 0.29) is 34.5 Å². The third-order valence-electron chi connectivity index (χ3n) is 5.88. The highest BCUT2D eigenvalue weighted by Crippen LogP contribution is 2.32. The fraction of sp³-hybridized carbons (Fsp3) is 0.172. The van der Waals surface area contributed by atoms with Gasteiger partial charge in [-0.1, -0.05) is 24.6 Å². The highest BCUT2D eigenvalue weighted by Gasteiger charge is 2.39. The molecule has 3 amide bonds. The number of amides is 3. The second kappa shape index (κ2) is 12.4. The molecule has 0 aliphatic carbocycles. The standard InChI is InChI=1S/C29H26ClN3O7/c1-4-14-40-29(37)18-6-5-7-20(15-18)33-27(35)24(30)25(28(33)36)31-19-10-8-17(9-11-19)26(34)32-22-13-12-21(38-2)16-23(22)39-3/h5-13,15-16,31H,4,14H2,1-3H3,(H,32,34). The number of carbonyl (C=O) groups excluding carboxylic acids is 4. The minimum Gasteiger partial charge on any atom is -0.497 e. The van der Waals surface area contributed by atoms with Gasteiger partial charge < -0.3 is 24.8 Å². The summed E-state index contributed by atoms with van der Waals surface area (Å²) in [6, 6.07) is 17.2. The van der Waals surface area contributed by atoms with Crippen molar-refractivity contribution in [2.75, 3.05) is 36.4 Å². The smallest absolute Gasteiger partial charge is 0.338 e. The third-order valence-corrected chi connectivity index (χ3v) is 6.23. The van der Waals surface area contributed by atoms with E-state index in [2.05, 4.69) is 10.6 Å².